The van der Waals surface area contributed by atoms with Crippen molar-refractivity contribution in [3.05, 3.63) is 36.0 Å². The number of benzene rings is 1. The van der Waals surface area contributed by atoms with Crippen molar-refractivity contribution in [1.29, 1.82) is 0 Å². The van der Waals surface area contributed by atoms with Crippen LogP contribution < -0.4 is 10.5 Å². The minimum atomic E-state index is -0.130. The monoisotopic (exact) mass is 228 g/mol. The average Bonchev–Trinajstić information content (AvgIpc) is 2.34. The van der Waals surface area contributed by atoms with Crippen LogP contribution in [-0.4, -0.2) is 12.1 Å². The fourth-order valence-corrected chi connectivity index (χ4v) is 2.46. The van der Waals surface area contributed by atoms with Gasteiger partial charge >= 0.3 is 0 Å². The highest BCUT2D eigenvalue weighted by Gasteiger charge is 2.34. The van der Waals surface area contributed by atoms with Crippen molar-refractivity contribution in [3.8, 4) is 5.88 Å². The summed E-state index contributed by atoms with van der Waals surface area (Å²) >= 11 is 0. The quantitative estimate of drug-likeness (QED) is 0.859. The molecule has 3 heteroatoms. The number of nitrogens with two attached hydrogens (primary N) is 1. The van der Waals surface area contributed by atoms with E-state index in [1.807, 2.05) is 6.07 Å². The number of hydrogen-bond donors (Lipinski definition) is 1. The predicted octanol–water partition coefficient (Wildman–Crippen LogP) is 2.58. The summed E-state index contributed by atoms with van der Waals surface area (Å²) in [6.45, 7) is 0. The van der Waals surface area contributed by atoms with Gasteiger partial charge in [0, 0.05) is 17.1 Å². The Balaban J connectivity index is 2.17. The lowest BCUT2D eigenvalue weighted by Crippen LogP contribution is -2.43. The second-order valence-corrected chi connectivity index (χ2v) is 4.77. The molecule has 1 heterocycles. The van der Waals surface area contributed by atoms with Gasteiger partial charge in [-0.2, -0.15) is 0 Å². The molecule has 0 amide bonds. The van der Waals surface area contributed by atoms with Crippen LogP contribution in [0.1, 0.15) is 24.8 Å². The maximum absolute atomic E-state index is 6.35. The van der Waals surface area contributed by atoms with Crippen LogP contribution >= 0.6 is 0 Å². The number of hydrogen-bond acceptors (Lipinski definition) is 3. The lowest BCUT2D eigenvalue weighted by atomic mass is 9.72. The van der Waals surface area contributed by atoms with E-state index in [4.69, 9.17) is 10.5 Å². The van der Waals surface area contributed by atoms with E-state index in [9.17, 15) is 0 Å². The van der Waals surface area contributed by atoms with Crippen molar-refractivity contribution in [1.82, 2.24) is 4.98 Å². The molecular weight excluding hydrogens is 212 g/mol. The predicted molar refractivity (Wildman–Crippen MR) is 68.0 cm³/mol. The van der Waals surface area contributed by atoms with E-state index >= 15 is 0 Å². The Hall–Kier alpha value is -1.61. The van der Waals surface area contributed by atoms with Gasteiger partial charge in [0.2, 0.25) is 5.88 Å². The molecule has 1 aliphatic carbocycles. The van der Waals surface area contributed by atoms with Crippen LogP contribution in [0.25, 0.3) is 10.8 Å². The highest BCUT2D eigenvalue weighted by Crippen LogP contribution is 2.40. The van der Waals surface area contributed by atoms with Gasteiger partial charge in [-0.3, -0.25) is 0 Å². The molecule has 1 aromatic heterocycles. The molecule has 0 atom stereocenters. The molecule has 17 heavy (non-hydrogen) atoms. The molecule has 88 valence electrons. The van der Waals surface area contributed by atoms with Crippen molar-refractivity contribution in [2.24, 2.45) is 5.73 Å². The summed E-state index contributed by atoms with van der Waals surface area (Å²) in [5, 5.41) is 2.19. The standard InChI is InChI=1S/C14H16N2O/c1-17-13-12-9-11(14(15)6-2-7-14)4-3-10(12)5-8-16-13/h3-5,8-9H,2,6-7,15H2,1H3. The Morgan fingerprint density at radius 2 is 2.12 bits per heavy atom. The van der Waals surface area contributed by atoms with Crippen LogP contribution in [0.2, 0.25) is 0 Å². The van der Waals surface area contributed by atoms with Gasteiger partial charge in [0.1, 0.15) is 0 Å². The Morgan fingerprint density at radius 3 is 2.76 bits per heavy atom. The van der Waals surface area contributed by atoms with Crippen molar-refractivity contribution in [3.63, 3.8) is 0 Å². The molecule has 0 unspecified atom stereocenters. The molecule has 1 aromatic carbocycles. The first-order valence-electron chi connectivity index (χ1n) is 5.95. The molecule has 1 saturated carbocycles. The lowest BCUT2D eigenvalue weighted by molar-refractivity contribution is 0.254. The molecule has 2 N–H and O–H groups in total. The largest absolute Gasteiger partial charge is 0.481 e. The third-order valence-corrected chi connectivity index (χ3v) is 3.74. The zero-order valence-electron chi connectivity index (χ0n) is 9.94. The van der Waals surface area contributed by atoms with Gasteiger partial charge in [-0.15, -0.1) is 0 Å². The average molecular weight is 228 g/mol. The Morgan fingerprint density at radius 1 is 1.29 bits per heavy atom. The summed E-state index contributed by atoms with van der Waals surface area (Å²) in [4.78, 5) is 4.23. The van der Waals surface area contributed by atoms with E-state index in [0.29, 0.717) is 5.88 Å². The maximum Gasteiger partial charge on any atom is 0.221 e. The molecule has 0 saturated heterocycles. The zero-order chi connectivity index (χ0) is 11.9. The number of aromatic nitrogens is 1. The first kappa shape index (κ1) is 10.5. The molecule has 1 fully saturated rings. The van der Waals surface area contributed by atoms with Gasteiger partial charge in [-0.25, -0.2) is 4.98 Å². The molecule has 2 aromatic rings. The summed E-state index contributed by atoms with van der Waals surface area (Å²) in [6.07, 6.45) is 5.13. The van der Waals surface area contributed by atoms with Crippen molar-refractivity contribution in [2.75, 3.05) is 7.11 Å². The van der Waals surface area contributed by atoms with Crippen LogP contribution in [0.3, 0.4) is 0 Å². The number of ether oxygens (including phenoxy) is 1. The fourth-order valence-electron chi connectivity index (χ4n) is 2.46. The van der Waals surface area contributed by atoms with Crippen LogP contribution in [0.15, 0.2) is 30.5 Å². The third kappa shape index (κ3) is 1.58. The molecule has 0 radical (unpaired) electrons. The molecule has 3 nitrogen and oxygen atoms in total. The van der Waals surface area contributed by atoms with Gasteiger partial charge in [-0.1, -0.05) is 12.1 Å². The van der Waals surface area contributed by atoms with E-state index < -0.39 is 0 Å². The second kappa shape index (κ2) is 3.70. The highest BCUT2D eigenvalue weighted by molar-refractivity contribution is 5.87. The van der Waals surface area contributed by atoms with Gasteiger partial charge < -0.3 is 10.5 Å². The molecule has 1 aliphatic rings. The molecule has 0 aliphatic heterocycles. The fraction of sp³-hybridized carbons (Fsp3) is 0.357. The highest BCUT2D eigenvalue weighted by atomic mass is 16.5. The van der Waals surface area contributed by atoms with Crippen LogP contribution in [-0.2, 0) is 5.54 Å². The molecule has 0 bridgehead atoms. The number of rotatable bonds is 2. The van der Waals surface area contributed by atoms with E-state index in [1.54, 1.807) is 13.3 Å². The van der Waals surface area contributed by atoms with Gasteiger partial charge in [0.05, 0.1) is 7.11 Å². The normalized spacial score (nSPS) is 17.8. The van der Waals surface area contributed by atoms with E-state index in [2.05, 4.69) is 23.2 Å². The molecule has 3 rings (SSSR count). The Labute approximate surface area is 101 Å². The Kier molecular flexibility index (Phi) is 2.30. The molecular formula is C14H16N2O. The van der Waals surface area contributed by atoms with Crippen LogP contribution in [0, 0.1) is 0 Å². The number of fused-ring (bicyclic) bond motifs is 1. The summed E-state index contributed by atoms with van der Waals surface area (Å²) in [5.74, 6) is 0.673. The van der Waals surface area contributed by atoms with Crippen LogP contribution in [0.4, 0.5) is 0 Å². The summed E-state index contributed by atoms with van der Waals surface area (Å²) in [6, 6.07) is 8.34. The maximum atomic E-state index is 6.35. The third-order valence-electron chi connectivity index (χ3n) is 3.74. The molecule has 0 spiro atoms. The van der Waals surface area contributed by atoms with Gasteiger partial charge in [0.15, 0.2) is 0 Å². The topological polar surface area (TPSA) is 48.1 Å². The zero-order valence-corrected chi connectivity index (χ0v) is 9.94. The number of nitrogens with zero attached hydrogens (tertiary/aromatic N) is 1. The van der Waals surface area contributed by atoms with Crippen molar-refractivity contribution in [2.45, 2.75) is 24.8 Å². The minimum absolute atomic E-state index is 0.130. The number of methoxy groups -OCH3 is 1. The smallest absolute Gasteiger partial charge is 0.221 e. The van der Waals surface area contributed by atoms with Crippen LogP contribution in [0.5, 0.6) is 5.88 Å². The number of pyridine rings is 1. The Bertz CT molecular complexity index is 561. The van der Waals surface area contributed by atoms with Gasteiger partial charge in [0.25, 0.3) is 0 Å². The van der Waals surface area contributed by atoms with Crippen molar-refractivity contribution >= 4 is 10.8 Å². The van der Waals surface area contributed by atoms with Crippen molar-refractivity contribution < 1.29 is 4.74 Å². The lowest BCUT2D eigenvalue weighted by Gasteiger charge is -2.38. The van der Waals surface area contributed by atoms with E-state index in [1.165, 1.54) is 12.0 Å². The second-order valence-electron chi connectivity index (χ2n) is 4.77. The van der Waals surface area contributed by atoms with Gasteiger partial charge in [-0.05, 0) is 42.3 Å². The van der Waals surface area contributed by atoms with E-state index in [0.717, 1.165) is 23.6 Å². The minimum Gasteiger partial charge on any atom is -0.481 e. The first-order chi connectivity index (χ1) is 8.23. The van der Waals surface area contributed by atoms with E-state index in [-0.39, 0.29) is 5.54 Å². The summed E-state index contributed by atoms with van der Waals surface area (Å²) in [5.41, 5.74) is 7.41. The summed E-state index contributed by atoms with van der Waals surface area (Å²) < 4.78 is 5.29. The summed E-state index contributed by atoms with van der Waals surface area (Å²) in [7, 11) is 1.65. The first-order valence-corrected chi connectivity index (χ1v) is 5.95. The SMILES string of the molecule is COc1nccc2ccc(C3(N)CCC3)cc12.